The molecule has 124 valence electrons. The Morgan fingerprint density at radius 3 is 2.71 bits per heavy atom. The van der Waals surface area contributed by atoms with Crippen LogP contribution in [-0.4, -0.2) is 14.8 Å². The Balaban J connectivity index is 1.67. The van der Waals surface area contributed by atoms with Crippen molar-refractivity contribution in [2.24, 2.45) is 7.05 Å². The third kappa shape index (κ3) is 4.04. The lowest BCUT2D eigenvalue weighted by atomic mass is 10.1. The van der Waals surface area contributed by atoms with Gasteiger partial charge in [0.15, 0.2) is 5.16 Å². The number of thioether (sulfide) groups is 1. The zero-order valence-corrected chi connectivity index (χ0v) is 15.2. The predicted molar refractivity (Wildman–Crippen MR) is 99.7 cm³/mol. The first kappa shape index (κ1) is 16.7. The van der Waals surface area contributed by atoms with E-state index in [0.29, 0.717) is 11.7 Å². The van der Waals surface area contributed by atoms with Gasteiger partial charge in [-0.3, -0.25) is 9.36 Å². The van der Waals surface area contributed by atoms with Crippen molar-refractivity contribution < 1.29 is 0 Å². The molecule has 0 fully saturated rings. The minimum absolute atomic E-state index is 0.161. The molecule has 24 heavy (non-hydrogen) atoms. The Hall–Kier alpha value is -2.12. The lowest BCUT2D eigenvalue weighted by molar-refractivity contribution is 0.664. The van der Waals surface area contributed by atoms with Gasteiger partial charge in [-0.2, -0.15) is 0 Å². The van der Waals surface area contributed by atoms with E-state index in [1.165, 1.54) is 22.2 Å². The van der Waals surface area contributed by atoms with Crippen LogP contribution in [0, 0.1) is 6.92 Å². The van der Waals surface area contributed by atoms with E-state index in [0.717, 1.165) is 11.3 Å². The quantitative estimate of drug-likeness (QED) is 0.684. The van der Waals surface area contributed by atoms with E-state index in [9.17, 15) is 4.79 Å². The molecule has 3 rings (SSSR count). The molecule has 0 saturated carbocycles. The van der Waals surface area contributed by atoms with Crippen LogP contribution in [0.1, 0.15) is 16.0 Å². The van der Waals surface area contributed by atoms with Gasteiger partial charge < -0.3 is 5.32 Å². The van der Waals surface area contributed by atoms with Gasteiger partial charge in [0.05, 0.1) is 0 Å². The number of nitrogens with one attached hydrogen (secondary N) is 1. The maximum atomic E-state index is 12.4. The first-order valence-corrected chi connectivity index (χ1v) is 9.38. The van der Waals surface area contributed by atoms with Crippen LogP contribution in [-0.2, 0) is 19.3 Å². The van der Waals surface area contributed by atoms with Crippen molar-refractivity contribution in [3.8, 4) is 0 Å². The molecule has 0 aliphatic carbocycles. The fraction of sp³-hybridized carbons (Fsp3) is 0.235. The third-order valence-corrected chi connectivity index (χ3v) is 5.66. The second-order valence-corrected chi connectivity index (χ2v) is 7.38. The van der Waals surface area contributed by atoms with E-state index in [2.05, 4.69) is 21.6 Å². The van der Waals surface area contributed by atoms with E-state index in [-0.39, 0.29) is 11.4 Å². The number of benzene rings is 1. The Morgan fingerprint density at radius 2 is 2.00 bits per heavy atom. The van der Waals surface area contributed by atoms with Crippen molar-refractivity contribution in [1.82, 2.24) is 14.8 Å². The highest BCUT2D eigenvalue weighted by molar-refractivity contribution is 7.98. The summed E-state index contributed by atoms with van der Waals surface area (Å²) in [6.07, 6.45) is 0. The maximum absolute atomic E-state index is 12.4. The summed E-state index contributed by atoms with van der Waals surface area (Å²) < 4.78 is 1.54. The van der Waals surface area contributed by atoms with E-state index >= 15 is 0 Å². The predicted octanol–water partition coefficient (Wildman–Crippen LogP) is 3.45. The molecule has 0 bridgehead atoms. The van der Waals surface area contributed by atoms with Crippen LogP contribution < -0.4 is 10.9 Å². The summed E-state index contributed by atoms with van der Waals surface area (Å²) in [5.74, 6) is 1.06. The molecule has 0 saturated heterocycles. The minimum Gasteiger partial charge on any atom is -0.360 e. The normalized spacial score (nSPS) is 10.8. The van der Waals surface area contributed by atoms with Crippen molar-refractivity contribution in [3.05, 3.63) is 68.1 Å². The van der Waals surface area contributed by atoms with Gasteiger partial charge in [0.25, 0.3) is 5.56 Å². The summed E-state index contributed by atoms with van der Waals surface area (Å²) in [6, 6.07) is 12.2. The van der Waals surface area contributed by atoms with Crippen molar-refractivity contribution in [2.45, 2.75) is 24.4 Å². The second kappa shape index (κ2) is 7.63. The number of aryl methyl sites for hydroxylation is 1. The van der Waals surface area contributed by atoms with Crippen LogP contribution in [0.3, 0.4) is 0 Å². The van der Waals surface area contributed by atoms with Crippen LogP contribution in [0.25, 0.3) is 0 Å². The monoisotopic (exact) mass is 358 g/mol. The molecule has 0 unspecified atom stereocenters. The summed E-state index contributed by atoms with van der Waals surface area (Å²) in [6.45, 7) is 2.59. The minimum atomic E-state index is -0.161. The Labute approximate surface area is 148 Å². The number of rotatable bonds is 6. The Kier molecular flexibility index (Phi) is 5.32. The standard InChI is InChI=1S/C17H18N4OS2/c1-12-5-7-13(8-6-12)10-18-15-16(22)21(2)17(20-19-15)24-11-14-4-3-9-23-14/h3-9H,10-11H2,1-2H3,(H,18,19). The maximum Gasteiger partial charge on any atom is 0.296 e. The lowest BCUT2D eigenvalue weighted by Crippen LogP contribution is -2.25. The van der Waals surface area contributed by atoms with Gasteiger partial charge in [-0.05, 0) is 23.9 Å². The van der Waals surface area contributed by atoms with Crippen molar-refractivity contribution in [1.29, 1.82) is 0 Å². The van der Waals surface area contributed by atoms with E-state index < -0.39 is 0 Å². The number of thiophene rings is 1. The highest BCUT2D eigenvalue weighted by Crippen LogP contribution is 2.22. The topological polar surface area (TPSA) is 59.8 Å². The van der Waals surface area contributed by atoms with Crippen LogP contribution in [0.5, 0.6) is 0 Å². The summed E-state index contributed by atoms with van der Waals surface area (Å²) in [5, 5.41) is 14.0. The highest BCUT2D eigenvalue weighted by atomic mass is 32.2. The molecule has 0 radical (unpaired) electrons. The summed E-state index contributed by atoms with van der Waals surface area (Å²) >= 11 is 3.21. The molecule has 0 spiro atoms. The SMILES string of the molecule is Cc1ccc(CNc2nnc(SCc3cccs3)n(C)c2=O)cc1. The van der Waals surface area contributed by atoms with Gasteiger partial charge in [0.1, 0.15) is 0 Å². The van der Waals surface area contributed by atoms with Gasteiger partial charge in [-0.25, -0.2) is 0 Å². The summed E-state index contributed by atoms with van der Waals surface area (Å²) in [4.78, 5) is 13.7. The average molecular weight is 358 g/mol. The molecule has 0 aliphatic heterocycles. The van der Waals surface area contributed by atoms with E-state index in [4.69, 9.17) is 0 Å². The van der Waals surface area contributed by atoms with Crippen molar-refractivity contribution in [2.75, 3.05) is 5.32 Å². The lowest BCUT2D eigenvalue weighted by Gasteiger charge is -2.09. The first-order chi connectivity index (χ1) is 11.6. The molecule has 0 aliphatic rings. The molecule has 2 heterocycles. The molecular weight excluding hydrogens is 340 g/mol. The number of nitrogens with zero attached hydrogens (tertiary/aromatic N) is 3. The number of aromatic nitrogens is 3. The second-order valence-electron chi connectivity index (χ2n) is 5.40. The summed E-state index contributed by atoms with van der Waals surface area (Å²) in [7, 11) is 1.73. The smallest absolute Gasteiger partial charge is 0.296 e. The van der Waals surface area contributed by atoms with E-state index in [1.54, 1.807) is 23.0 Å². The van der Waals surface area contributed by atoms with Gasteiger partial charge in [-0.15, -0.1) is 21.5 Å². The van der Waals surface area contributed by atoms with Crippen LogP contribution in [0.4, 0.5) is 5.82 Å². The Morgan fingerprint density at radius 1 is 1.21 bits per heavy atom. The summed E-state index contributed by atoms with van der Waals surface area (Å²) in [5.41, 5.74) is 2.15. The zero-order valence-electron chi connectivity index (χ0n) is 13.5. The third-order valence-electron chi connectivity index (χ3n) is 3.53. The fourth-order valence-electron chi connectivity index (χ4n) is 2.11. The zero-order chi connectivity index (χ0) is 16.9. The molecule has 0 amide bonds. The molecule has 2 aromatic heterocycles. The van der Waals surface area contributed by atoms with Crippen molar-refractivity contribution in [3.63, 3.8) is 0 Å². The average Bonchev–Trinajstić information content (AvgIpc) is 3.10. The Bertz CT molecular complexity index is 857. The molecule has 7 heteroatoms. The largest absolute Gasteiger partial charge is 0.360 e. The number of anilines is 1. The molecule has 1 aromatic carbocycles. The van der Waals surface area contributed by atoms with Gasteiger partial charge in [0, 0.05) is 24.2 Å². The first-order valence-electron chi connectivity index (χ1n) is 7.52. The molecule has 3 aromatic rings. The van der Waals surface area contributed by atoms with Crippen LogP contribution in [0.15, 0.2) is 51.7 Å². The van der Waals surface area contributed by atoms with Crippen LogP contribution in [0.2, 0.25) is 0 Å². The fourth-order valence-corrected chi connectivity index (χ4v) is 3.79. The van der Waals surface area contributed by atoms with Crippen LogP contribution >= 0.6 is 23.1 Å². The highest BCUT2D eigenvalue weighted by Gasteiger charge is 2.10. The molecule has 5 nitrogen and oxygen atoms in total. The van der Waals surface area contributed by atoms with E-state index in [1.807, 2.05) is 42.6 Å². The number of hydrogen-bond donors (Lipinski definition) is 1. The van der Waals surface area contributed by atoms with Gasteiger partial charge in [-0.1, -0.05) is 47.7 Å². The van der Waals surface area contributed by atoms with Gasteiger partial charge >= 0.3 is 0 Å². The molecule has 0 atom stereocenters. The number of hydrogen-bond acceptors (Lipinski definition) is 6. The van der Waals surface area contributed by atoms with Gasteiger partial charge in [0.2, 0.25) is 5.82 Å². The van der Waals surface area contributed by atoms with Crippen molar-refractivity contribution >= 4 is 28.9 Å². The molecule has 1 N–H and O–H groups in total. The molecular formula is C17H18N4OS2.